The van der Waals surface area contributed by atoms with Crippen LogP contribution in [0, 0.1) is 12.8 Å². The van der Waals surface area contributed by atoms with Gasteiger partial charge in [-0.05, 0) is 49.7 Å². The van der Waals surface area contributed by atoms with E-state index in [9.17, 15) is 9.59 Å². The molecule has 132 valence electrons. The minimum absolute atomic E-state index is 0.0743. The first-order chi connectivity index (χ1) is 11.9. The van der Waals surface area contributed by atoms with Crippen LogP contribution in [0.15, 0.2) is 24.3 Å². The largest absolute Gasteiger partial charge is 0.365 e. The number of hydrogen-bond donors (Lipinski definition) is 2. The zero-order valence-corrected chi connectivity index (χ0v) is 15.5. The molecule has 1 atom stereocenters. The number of anilines is 1. The molecule has 0 saturated heterocycles. The van der Waals surface area contributed by atoms with Crippen LogP contribution in [0.25, 0.3) is 0 Å². The summed E-state index contributed by atoms with van der Waals surface area (Å²) in [6.07, 6.45) is 3.95. The third kappa shape index (κ3) is 4.10. The summed E-state index contributed by atoms with van der Waals surface area (Å²) in [7, 11) is 0. The average Bonchev–Trinajstić information content (AvgIpc) is 2.91. The summed E-state index contributed by atoms with van der Waals surface area (Å²) in [5.41, 5.74) is 9.50. The number of amides is 2. The topological polar surface area (TPSA) is 72.2 Å². The predicted octanol–water partition coefficient (Wildman–Crippen LogP) is 3.85. The highest BCUT2D eigenvalue weighted by molar-refractivity contribution is 7.17. The lowest BCUT2D eigenvalue weighted by Gasteiger charge is -2.18. The van der Waals surface area contributed by atoms with Crippen LogP contribution in [0.3, 0.4) is 0 Å². The van der Waals surface area contributed by atoms with Crippen molar-refractivity contribution < 1.29 is 9.59 Å². The second-order valence-electron chi connectivity index (χ2n) is 6.95. The molecule has 5 heteroatoms. The molecule has 0 radical (unpaired) electrons. The molecule has 1 aromatic carbocycles. The first-order valence-electron chi connectivity index (χ1n) is 8.73. The van der Waals surface area contributed by atoms with E-state index >= 15 is 0 Å². The monoisotopic (exact) mass is 356 g/mol. The van der Waals surface area contributed by atoms with E-state index in [2.05, 4.69) is 12.2 Å². The summed E-state index contributed by atoms with van der Waals surface area (Å²) >= 11 is 1.51. The lowest BCUT2D eigenvalue weighted by atomic mass is 9.88. The van der Waals surface area contributed by atoms with Crippen LogP contribution in [-0.2, 0) is 24.1 Å². The maximum absolute atomic E-state index is 12.3. The second kappa shape index (κ2) is 7.40. The molecule has 0 unspecified atom stereocenters. The SMILES string of the molecule is Cc1ccc(CCC(=O)Nc2sc3c(c2C(N)=O)CC[C@@H](C)C3)cc1. The van der Waals surface area contributed by atoms with Gasteiger partial charge in [-0.3, -0.25) is 9.59 Å². The molecule has 0 fully saturated rings. The fraction of sp³-hybridized carbons (Fsp3) is 0.400. The summed E-state index contributed by atoms with van der Waals surface area (Å²) in [5.74, 6) is 0.0903. The van der Waals surface area contributed by atoms with Crippen molar-refractivity contribution in [3.63, 3.8) is 0 Å². The Morgan fingerprint density at radius 1 is 1.28 bits per heavy atom. The van der Waals surface area contributed by atoms with Crippen molar-refractivity contribution in [2.45, 2.75) is 46.0 Å². The van der Waals surface area contributed by atoms with Crippen molar-refractivity contribution in [2.75, 3.05) is 5.32 Å². The number of rotatable bonds is 5. The summed E-state index contributed by atoms with van der Waals surface area (Å²) in [6, 6.07) is 8.19. The summed E-state index contributed by atoms with van der Waals surface area (Å²) in [4.78, 5) is 25.5. The summed E-state index contributed by atoms with van der Waals surface area (Å²) < 4.78 is 0. The Morgan fingerprint density at radius 2 is 2.00 bits per heavy atom. The van der Waals surface area contributed by atoms with Crippen molar-refractivity contribution in [1.29, 1.82) is 0 Å². The van der Waals surface area contributed by atoms with Crippen LogP contribution in [0.5, 0.6) is 0 Å². The van der Waals surface area contributed by atoms with Crippen molar-refractivity contribution >= 4 is 28.2 Å². The predicted molar refractivity (Wildman–Crippen MR) is 102 cm³/mol. The van der Waals surface area contributed by atoms with Crippen molar-refractivity contribution in [1.82, 2.24) is 0 Å². The quantitative estimate of drug-likeness (QED) is 0.854. The molecule has 1 heterocycles. The van der Waals surface area contributed by atoms with Gasteiger partial charge < -0.3 is 11.1 Å². The van der Waals surface area contributed by atoms with Gasteiger partial charge in [0, 0.05) is 11.3 Å². The molecular formula is C20H24N2O2S. The Labute approximate surface area is 152 Å². The molecule has 25 heavy (non-hydrogen) atoms. The lowest BCUT2D eigenvalue weighted by molar-refractivity contribution is -0.116. The van der Waals surface area contributed by atoms with Gasteiger partial charge in [-0.15, -0.1) is 11.3 Å². The van der Waals surface area contributed by atoms with Gasteiger partial charge in [-0.2, -0.15) is 0 Å². The Bertz CT molecular complexity index is 793. The van der Waals surface area contributed by atoms with E-state index in [0.29, 0.717) is 29.3 Å². The first kappa shape index (κ1) is 17.7. The molecule has 0 bridgehead atoms. The van der Waals surface area contributed by atoms with E-state index in [1.807, 2.05) is 31.2 Å². The van der Waals surface area contributed by atoms with Gasteiger partial charge in [0.25, 0.3) is 5.91 Å². The number of aryl methyl sites for hydroxylation is 2. The molecule has 3 rings (SSSR count). The Balaban J connectivity index is 1.70. The van der Waals surface area contributed by atoms with Crippen molar-refractivity contribution in [3.05, 3.63) is 51.4 Å². The van der Waals surface area contributed by atoms with Gasteiger partial charge in [0.2, 0.25) is 5.91 Å². The number of primary amides is 1. The number of thiophene rings is 1. The van der Waals surface area contributed by atoms with Gasteiger partial charge >= 0.3 is 0 Å². The number of nitrogens with one attached hydrogen (secondary N) is 1. The number of benzene rings is 1. The Kier molecular flexibility index (Phi) is 5.23. The number of fused-ring (bicyclic) bond motifs is 1. The average molecular weight is 356 g/mol. The van der Waals surface area contributed by atoms with Crippen LogP contribution in [0.1, 0.15) is 51.7 Å². The zero-order chi connectivity index (χ0) is 18.0. The van der Waals surface area contributed by atoms with Crippen LogP contribution in [0.2, 0.25) is 0 Å². The van der Waals surface area contributed by atoms with Crippen LogP contribution in [0.4, 0.5) is 5.00 Å². The van der Waals surface area contributed by atoms with E-state index in [1.165, 1.54) is 21.8 Å². The molecule has 1 aliphatic rings. The van der Waals surface area contributed by atoms with Crippen LogP contribution < -0.4 is 11.1 Å². The lowest BCUT2D eigenvalue weighted by Crippen LogP contribution is -2.19. The smallest absolute Gasteiger partial charge is 0.251 e. The van der Waals surface area contributed by atoms with Gasteiger partial charge in [0.1, 0.15) is 5.00 Å². The zero-order valence-electron chi connectivity index (χ0n) is 14.7. The van der Waals surface area contributed by atoms with Gasteiger partial charge in [-0.25, -0.2) is 0 Å². The van der Waals surface area contributed by atoms with E-state index in [4.69, 9.17) is 5.73 Å². The third-order valence-corrected chi connectivity index (χ3v) is 5.94. The Hall–Kier alpha value is -2.14. The fourth-order valence-corrected chi connectivity index (χ4v) is 4.73. The molecular weight excluding hydrogens is 332 g/mol. The minimum atomic E-state index is -0.444. The first-order valence-corrected chi connectivity index (χ1v) is 9.55. The molecule has 0 spiro atoms. The van der Waals surface area contributed by atoms with E-state index in [-0.39, 0.29) is 5.91 Å². The normalized spacial score (nSPS) is 16.3. The van der Waals surface area contributed by atoms with Gasteiger partial charge in [0.15, 0.2) is 0 Å². The molecule has 2 aromatic rings. The van der Waals surface area contributed by atoms with Crippen LogP contribution in [-0.4, -0.2) is 11.8 Å². The number of nitrogens with two attached hydrogens (primary N) is 1. The number of hydrogen-bond acceptors (Lipinski definition) is 3. The van der Waals surface area contributed by atoms with E-state index < -0.39 is 5.91 Å². The standard InChI is InChI=1S/C20H24N2O2S/c1-12-3-6-14(7-4-12)8-10-17(23)22-20-18(19(21)24)15-9-5-13(2)11-16(15)25-20/h3-4,6-7,13H,5,8-11H2,1-2H3,(H2,21,24)(H,22,23)/t13-/m1/s1. The maximum Gasteiger partial charge on any atom is 0.251 e. The van der Waals surface area contributed by atoms with Crippen LogP contribution >= 0.6 is 11.3 Å². The van der Waals surface area contributed by atoms with Gasteiger partial charge in [-0.1, -0.05) is 36.8 Å². The van der Waals surface area contributed by atoms with Crippen molar-refractivity contribution in [3.8, 4) is 0 Å². The maximum atomic E-state index is 12.3. The fourth-order valence-electron chi connectivity index (χ4n) is 3.30. The molecule has 1 aliphatic carbocycles. The van der Waals surface area contributed by atoms with Crippen molar-refractivity contribution in [2.24, 2.45) is 11.7 Å². The molecule has 3 N–H and O–H groups in total. The molecule has 2 amide bonds. The molecule has 0 saturated carbocycles. The highest BCUT2D eigenvalue weighted by Crippen LogP contribution is 2.39. The number of carbonyl (C=O) groups is 2. The molecule has 0 aliphatic heterocycles. The minimum Gasteiger partial charge on any atom is -0.365 e. The highest BCUT2D eigenvalue weighted by atomic mass is 32.1. The molecule has 4 nitrogen and oxygen atoms in total. The van der Waals surface area contributed by atoms with E-state index in [0.717, 1.165) is 30.4 Å². The molecule has 1 aromatic heterocycles. The summed E-state index contributed by atoms with van der Waals surface area (Å²) in [5, 5.41) is 3.55. The number of carbonyl (C=O) groups excluding carboxylic acids is 2. The summed E-state index contributed by atoms with van der Waals surface area (Å²) in [6.45, 7) is 4.26. The third-order valence-electron chi connectivity index (χ3n) is 4.77. The second-order valence-corrected chi connectivity index (χ2v) is 8.06. The van der Waals surface area contributed by atoms with E-state index in [1.54, 1.807) is 0 Å². The Morgan fingerprint density at radius 3 is 2.68 bits per heavy atom. The van der Waals surface area contributed by atoms with Gasteiger partial charge in [0.05, 0.1) is 5.56 Å². The highest BCUT2D eigenvalue weighted by Gasteiger charge is 2.27.